The van der Waals surface area contributed by atoms with Crippen molar-refractivity contribution in [1.82, 2.24) is 10.2 Å². The van der Waals surface area contributed by atoms with Crippen LogP contribution in [0.2, 0.25) is 0 Å². The number of hydrogen-bond donors (Lipinski definition) is 2. The van der Waals surface area contributed by atoms with Crippen LogP contribution in [0.5, 0.6) is 0 Å². The number of carbonyl (C=O) groups is 4. The van der Waals surface area contributed by atoms with E-state index in [-0.39, 0.29) is 37.4 Å². The molecule has 3 fully saturated rings. The van der Waals surface area contributed by atoms with Gasteiger partial charge in [-0.15, -0.1) is 13.2 Å². The van der Waals surface area contributed by atoms with Crippen LogP contribution in [-0.2, 0) is 28.7 Å². The number of carbonyl (C=O) groups excluding carboxylic acids is 4. The van der Waals surface area contributed by atoms with Crippen molar-refractivity contribution in [3.63, 3.8) is 0 Å². The molecule has 0 saturated carbocycles. The van der Waals surface area contributed by atoms with Crippen molar-refractivity contribution in [2.24, 2.45) is 11.8 Å². The standard InChI is InChI=1S/C36H45N3O7/c1-4-6-14-29(41)37-23-24(3)45-35(44)30-28-17-18-36(46-28)31(30)33(42)39(20-10-7-11-21-40)32(36)34(43)38(19-5-2)27-16-15-25-12-8-9-13-26(25)22-27/h4-5,8-9,12-13,15-16,22,24,28,30-32,40H,1-2,6-7,10-11,14,17-21,23H2,3H3,(H,37,41)/t24-,28+,30-,31-,32+,36-/m1/s1. The maximum atomic E-state index is 14.7. The summed E-state index contributed by atoms with van der Waals surface area (Å²) in [6.07, 6.45) is 5.88. The summed E-state index contributed by atoms with van der Waals surface area (Å²) >= 11 is 0. The summed E-state index contributed by atoms with van der Waals surface area (Å²) < 4.78 is 12.4. The lowest BCUT2D eigenvalue weighted by Crippen LogP contribution is -2.56. The number of likely N-dealkylation sites (tertiary alicyclic amines) is 1. The molecule has 3 amide bonds. The van der Waals surface area contributed by atoms with Gasteiger partial charge < -0.3 is 29.7 Å². The number of nitrogens with zero attached hydrogens (tertiary/aromatic N) is 2. The van der Waals surface area contributed by atoms with E-state index in [4.69, 9.17) is 9.47 Å². The second-order valence-corrected chi connectivity index (χ2v) is 12.5. The van der Waals surface area contributed by atoms with Gasteiger partial charge in [0.1, 0.15) is 17.7 Å². The number of esters is 1. The lowest BCUT2D eigenvalue weighted by molar-refractivity contribution is -0.159. The molecule has 6 atom stereocenters. The fourth-order valence-corrected chi connectivity index (χ4v) is 7.35. The van der Waals surface area contributed by atoms with Gasteiger partial charge >= 0.3 is 5.97 Å². The van der Waals surface area contributed by atoms with E-state index in [2.05, 4.69) is 18.5 Å². The number of aliphatic hydroxyl groups excluding tert-OH is 1. The predicted molar refractivity (Wildman–Crippen MR) is 175 cm³/mol. The van der Waals surface area contributed by atoms with E-state index >= 15 is 0 Å². The molecule has 3 aliphatic heterocycles. The quantitative estimate of drug-likeness (QED) is 0.164. The number of benzene rings is 2. The topological polar surface area (TPSA) is 125 Å². The van der Waals surface area contributed by atoms with Gasteiger partial charge in [-0.2, -0.15) is 0 Å². The van der Waals surface area contributed by atoms with Crippen LogP contribution in [0.15, 0.2) is 67.8 Å². The Kier molecular flexibility index (Phi) is 10.6. The maximum Gasteiger partial charge on any atom is 0.312 e. The molecule has 3 aliphatic rings. The highest BCUT2D eigenvalue weighted by atomic mass is 16.6. The summed E-state index contributed by atoms with van der Waals surface area (Å²) in [5.74, 6) is -2.99. The highest BCUT2D eigenvalue weighted by Gasteiger charge is 2.75. The molecule has 0 aliphatic carbocycles. The summed E-state index contributed by atoms with van der Waals surface area (Å²) in [6.45, 7) is 9.93. The van der Waals surface area contributed by atoms with E-state index in [1.54, 1.807) is 28.9 Å². The molecule has 3 saturated heterocycles. The van der Waals surface area contributed by atoms with Crippen LogP contribution in [0.3, 0.4) is 0 Å². The van der Waals surface area contributed by atoms with Crippen molar-refractivity contribution in [1.29, 1.82) is 0 Å². The highest BCUT2D eigenvalue weighted by molar-refractivity contribution is 6.05. The number of fused-ring (bicyclic) bond motifs is 2. The van der Waals surface area contributed by atoms with Gasteiger partial charge in [-0.05, 0) is 68.4 Å². The van der Waals surface area contributed by atoms with Crippen LogP contribution in [0.4, 0.5) is 5.69 Å². The smallest absolute Gasteiger partial charge is 0.312 e. The Bertz CT molecular complexity index is 1480. The minimum absolute atomic E-state index is 0.0452. The molecule has 3 heterocycles. The van der Waals surface area contributed by atoms with Crippen LogP contribution >= 0.6 is 0 Å². The summed E-state index contributed by atoms with van der Waals surface area (Å²) in [7, 11) is 0. The zero-order chi connectivity index (χ0) is 32.8. The van der Waals surface area contributed by atoms with Gasteiger partial charge in [0, 0.05) is 31.8 Å². The molecule has 2 N–H and O–H groups in total. The Balaban J connectivity index is 1.42. The minimum atomic E-state index is -1.17. The summed E-state index contributed by atoms with van der Waals surface area (Å²) in [5.41, 5.74) is -0.485. The van der Waals surface area contributed by atoms with Crippen LogP contribution in [-0.4, -0.2) is 83.8 Å². The monoisotopic (exact) mass is 631 g/mol. The zero-order valence-corrected chi connectivity index (χ0v) is 26.6. The number of ether oxygens (including phenoxy) is 2. The van der Waals surface area contributed by atoms with E-state index in [0.29, 0.717) is 57.2 Å². The first kappa shape index (κ1) is 33.3. The number of anilines is 1. The number of nitrogens with one attached hydrogen (secondary N) is 1. The molecule has 0 radical (unpaired) electrons. The normalized spacial score (nSPS) is 25.3. The van der Waals surface area contributed by atoms with Crippen LogP contribution in [0.1, 0.15) is 51.9 Å². The lowest BCUT2D eigenvalue weighted by atomic mass is 9.70. The Morgan fingerprint density at radius 2 is 1.93 bits per heavy atom. The van der Waals surface area contributed by atoms with Gasteiger partial charge in [-0.1, -0.05) is 42.5 Å². The third-order valence-electron chi connectivity index (χ3n) is 9.47. The van der Waals surface area contributed by atoms with Crippen molar-refractivity contribution in [3.8, 4) is 0 Å². The first-order valence-corrected chi connectivity index (χ1v) is 16.3. The van der Waals surface area contributed by atoms with Crippen LogP contribution < -0.4 is 10.2 Å². The molecule has 2 aromatic rings. The molecule has 246 valence electrons. The zero-order valence-electron chi connectivity index (χ0n) is 26.6. The molecular formula is C36H45N3O7. The molecule has 10 heteroatoms. The number of unbranched alkanes of at least 4 members (excludes halogenated alkanes) is 2. The molecule has 2 bridgehead atoms. The third-order valence-corrected chi connectivity index (χ3v) is 9.47. The molecule has 46 heavy (non-hydrogen) atoms. The van der Waals surface area contributed by atoms with Gasteiger partial charge in [0.05, 0.1) is 24.5 Å². The van der Waals surface area contributed by atoms with Crippen LogP contribution in [0, 0.1) is 11.8 Å². The van der Waals surface area contributed by atoms with E-state index in [1.165, 1.54) is 0 Å². The Morgan fingerprint density at radius 3 is 2.67 bits per heavy atom. The molecule has 1 spiro atoms. The largest absolute Gasteiger partial charge is 0.460 e. The number of allylic oxidation sites excluding steroid dienone is 1. The van der Waals surface area contributed by atoms with Gasteiger partial charge in [0.2, 0.25) is 11.8 Å². The third kappa shape index (κ3) is 6.46. The molecule has 10 nitrogen and oxygen atoms in total. The fraction of sp³-hybridized carbons (Fsp3) is 0.500. The summed E-state index contributed by atoms with van der Waals surface area (Å²) in [5, 5.41) is 14.1. The number of hydrogen-bond acceptors (Lipinski definition) is 7. The van der Waals surface area contributed by atoms with Gasteiger partial charge in [0.15, 0.2) is 0 Å². The Morgan fingerprint density at radius 1 is 1.15 bits per heavy atom. The van der Waals surface area contributed by atoms with Crippen molar-refractivity contribution >= 4 is 40.2 Å². The van der Waals surface area contributed by atoms with E-state index < -0.39 is 41.7 Å². The van der Waals surface area contributed by atoms with E-state index in [0.717, 1.165) is 10.8 Å². The number of rotatable bonds is 16. The average Bonchev–Trinajstić information content (AvgIpc) is 3.70. The predicted octanol–water partition coefficient (Wildman–Crippen LogP) is 3.91. The minimum Gasteiger partial charge on any atom is -0.460 e. The number of aliphatic hydroxyl groups is 1. The highest BCUT2D eigenvalue weighted by Crippen LogP contribution is 2.59. The molecule has 2 aromatic carbocycles. The average molecular weight is 632 g/mol. The first-order chi connectivity index (χ1) is 22.2. The number of amides is 3. The molecule has 5 rings (SSSR count). The second-order valence-electron chi connectivity index (χ2n) is 12.5. The van der Waals surface area contributed by atoms with Crippen molar-refractivity contribution in [2.75, 3.05) is 31.1 Å². The Labute approximate surface area is 270 Å². The van der Waals surface area contributed by atoms with Crippen LogP contribution in [0.25, 0.3) is 10.8 Å². The molecule has 0 aromatic heterocycles. The summed E-state index contributed by atoms with van der Waals surface area (Å²) in [6, 6.07) is 12.8. The maximum absolute atomic E-state index is 14.7. The van der Waals surface area contributed by atoms with Gasteiger partial charge in [-0.25, -0.2) is 0 Å². The second kappa shape index (κ2) is 14.6. The van der Waals surface area contributed by atoms with Crippen molar-refractivity contribution in [2.45, 2.75) is 75.7 Å². The van der Waals surface area contributed by atoms with Crippen molar-refractivity contribution in [3.05, 3.63) is 67.8 Å². The fourth-order valence-electron chi connectivity index (χ4n) is 7.35. The SMILES string of the molecule is C=CCCC(=O)NC[C@@H](C)OC(=O)[C@@H]1[C@@H]2CC[C@]3(O2)[C@H](C(=O)N(CC=C)c2ccc4ccccc4c2)N(CCCCCO)C(=O)[C@@H]13. The first-order valence-electron chi connectivity index (χ1n) is 16.3. The molecule has 0 unspecified atom stereocenters. The summed E-state index contributed by atoms with van der Waals surface area (Å²) in [4.78, 5) is 58.0. The van der Waals surface area contributed by atoms with E-state index in [1.807, 2.05) is 42.5 Å². The van der Waals surface area contributed by atoms with Crippen molar-refractivity contribution < 1.29 is 33.8 Å². The van der Waals surface area contributed by atoms with Gasteiger partial charge in [0.25, 0.3) is 5.91 Å². The van der Waals surface area contributed by atoms with Gasteiger partial charge in [-0.3, -0.25) is 19.2 Å². The molecular weight excluding hydrogens is 586 g/mol. The van der Waals surface area contributed by atoms with E-state index in [9.17, 15) is 24.3 Å². The Hall–Kier alpha value is -4.02. The lowest BCUT2D eigenvalue weighted by Gasteiger charge is -2.37.